The lowest BCUT2D eigenvalue weighted by molar-refractivity contribution is -0.407. The maximum absolute atomic E-state index is 10.6. The molecule has 0 aromatic heterocycles. The number of phosphoric ester groups is 1. The quantitative estimate of drug-likeness (QED) is 0.437. The van der Waals surface area contributed by atoms with E-state index in [2.05, 4.69) is 10.3 Å². The summed E-state index contributed by atoms with van der Waals surface area (Å²) < 4.78 is 14.9. The number of phenolic OH excluding ortho intramolecular Hbond substituents is 1. The van der Waals surface area contributed by atoms with Crippen LogP contribution in [0.15, 0.2) is 18.2 Å². The van der Waals surface area contributed by atoms with Gasteiger partial charge in [-0.3, -0.25) is 9.79 Å². The second-order valence-corrected chi connectivity index (χ2v) is 4.79. The van der Waals surface area contributed by atoms with Crippen LogP contribution in [0.25, 0.3) is 0 Å². The van der Waals surface area contributed by atoms with Crippen molar-refractivity contribution in [1.29, 1.82) is 0 Å². The number of carboxylic acids is 1. The number of carbonyl (C=O) groups is 1. The molecule has 0 fully saturated rings. The Kier molecular flexibility index (Phi) is 4.31. The summed E-state index contributed by atoms with van der Waals surface area (Å²) in [5.74, 6) is -1.95. The molecule has 100 valence electrons. The molecule has 0 saturated heterocycles. The number of aliphatic carboxylic acids is 1. The maximum atomic E-state index is 10.6. The smallest absolute Gasteiger partial charge is 0.504 e. The van der Waals surface area contributed by atoms with Gasteiger partial charge in [-0.15, -0.1) is 0 Å². The molecule has 9 heteroatoms. The van der Waals surface area contributed by atoms with Gasteiger partial charge in [-0.1, -0.05) is 6.07 Å². The zero-order chi connectivity index (χ0) is 13.9. The van der Waals surface area contributed by atoms with Crippen LogP contribution in [0.5, 0.6) is 11.5 Å². The normalized spacial score (nSPS) is 13.1. The predicted molar refractivity (Wildman–Crippen MR) is 58.8 cm³/mol. The molecule has 8 nitrogen and oxygen atoms in total. The highest BCUT2D eigenvalue weighted by Crippen LogP contribution is 2.41. The second-order valence-electron chi connectivity index (χ2n) is 3.62. The fourth-order valence-corrected chi connectivity index (χ4v) is 1.66. The fourth-order valence-electron chi connectivity index (χ4n) is 1.26. The summed E-state index contributed by atoms with van der Waals surface area (Å²) in [7, 11) is -4.78. The van der Waals surface area contributed by atoms with Gasteiger partial charge in [0.25, 0.3) is 0 Å². The SMILES string of the molecule is [NH3+]C(Cc1ccc(O)c(OP(=O)(O)O)c1)C(=O)O. The van der Waals surface area contributed by atoms with Gasteiger partial charge in [-0.2, -0.15) is 0 Å². The molecule has 0 heterocycles. The molecule has 18 heavy (non-hydrogen) atoms. The minimum absolute atomic E-state index is 0.0487. The molecule has 7 N–H and O–H groups in total. The lowest BCUT2D eigenvalue weighted by Crippen LogP contribution is -2.65. The molecule has 0 aliphatic carbocycles. The Balaban J connectivity index is 2.94. The largest absolute Gasteiger partial charge is 0.524 e. The average molecular weight is 278 g/mol. The summed E-state index contributed by atoms with van der Waals surface area (Å²) in [4.78, 5) is 27.9. The first kappa shape index (κ1) is 14.5. The van der Waals surface area contributed by atoms with Crippen molar-refractivity contribution in [3.8, 4) is 11.5 Å². The molecule has 1 rings (SSSR count). The van der Waals surface area contributed by atoms with Crippen LogP contribution in [0, 0.1) is 0 Å². The van der Waals surface area contributed by atoms with Crippen LogP contribution in [-0.4, -0.2) is 32.0 Å². The zero-order valence-corrected chi connectivity index (χ0v) is 10.1. The van der Waals surface area contributed by atoms with E-state index in [9.17, 15) is 14.5 Å². The minimum Gasteiger partial charge on any atom is -0.504 e. The Labute approximate surface area is 102 Å². The van der Waals surface area contributed by atoms with Crippen molar-refractivity contribution in [3.63, 3.8) is 0 Å². The lowest BCUT2D eigenvalue weighted by atomic mass is 10.1. The number of quaternary nitrogens is 1. The second kappa shape index (κ2) is 5.36. The maximum Gasteiger partial charge on any atom is 0.524 e. The zero-order valence-electron chi connectivity index (χ0n) is 9.18. The number of carboxylic acid groups (broad SMARTS) is 1. The Hall–Kier alpha value is -1.60. The molecule has 0 bridgehead atoms. The van der Waals surface area contributed by atoms with E-state index in [-0.39, 0.29) is 6.42 Å². The van der Waals surface area contributed by atoms with Crippen molar-refractivity contribution in [2.75, 3.05) is 0 Å². The molecule has 0 amide bonds. The Morgan fingerprint density at radius 3 is 2.56 bits per heavy atom. The average Bonchev–Trinajstić information content (AvgIpc) is 2.20. The summed E-state index contributed by atoms with van der Waals surface area (Å²) >= 11 is 0. The van der Waals surface area contributed by atoms with E-state index in [4.69, 9.17) is 14.9 Å². The first-order valence-electron chi connectivity index (χ1n) is 4.82. The number of hydrogen-bond donors (Lipinski definition) is 5. The molecular formula is C9H13NO7P+. The molecule has 1 atom stereocenters. The minimum atomic E-state index is -4.78. The van der Waals surface area contributed by atoms with Gasteiger partial charge in [0, 0.05) is 6.42 Å². The third kappa shape index (κ3) is 4.34. The van der Waals surface area contributed by atoms with Gasteiger partial charge in [-0.05, 0) is 17.7 Å². The third-order valence-corrected chi connectivity index (χ3v) is 2.51. The number of aromatic hydroxyl groups is 1. The standard InChI is InChI=1S/C9H12NO7P/c10-6(9(12)13)3-5-1-2-7(11)8(4-5)17-18(14,15)16/h1-2,4,6,11H,3,10H2,(H,12,13)(H2,14,15,16)/p+1. The molecule has 0 aliphatic rings. The van der Waals surface area contributed by atoms with Crippen LogP contribution in [-0.2, 0) is 15.8 Å². The van der Waals surface area contributed by atoms with E-state index < -0.39 is 31.3 Å². The molecule has 0 saturated carbocycles. The molecule has 0 spiro atoms. The number of hydrogen-bond acceptors (Lipinski definition) is 4. The number of rotatable bonds is 5. The fraction of sp³-hybridized carbons (Fsp3) is 0.222. The first-order chi connectivity index (χ1) is 8.19. The topological polar surface area (TPSA) is 152 Å². The number of phenols is 1. The van der Waals surface area contributed by atoms with Gasteiger partial charge in [-0.25, -0.2) is 9.36 Å². The highest BCUT2D eigenvalue weighted by Gasteiger charge is 2.21. The van der Waals surface area contributed by atoms with Crippen LogP contribution < -0.4 is 10.3 Å². The summed E-state index contributed by atoms with van der Waals surface area (Å²) in [5, 5.41) is 18.0. The Morgan fingerprint density at radius 2 is 2.06 bits per heavy atom. The predicted octanol–water partition coefficient (Wildman–Crippen LogP) is -0.899. The van der Waals surface area contributed by atoms with Gasteiger partial charge in [0.15, 0.2) is 17.5 Å². The van der Waals surface area contributed by atoms with Crippen molar-refractivity contribution < 1.29 is 39.6 Å². The first-order valence-corrected chi connectivity index (χ1v) is 6.35. The van der Waals surface area contributed by atoms with Gasteiger partial charge >= 0.3 is 13.8 Å². The summed E-state index contributed by atoms with van der Waals surface area (Å²) in [6, 6.07) is 2.84. The summed E-state index contributed by atoms with van der Waals surface area (Å²) in [5.41, 5.74) is 3.83. The van der Waals surface area contributed by atoms with Crippen LogP contribution in [0.4, 0.5) is 0 Å². The van der Waals surface area contributed by atoms with E-state index in [0.717, 1.165) is 12.1 Å². The van der Waals surface area contributed by atoms with Gasteiger partial charge in [0.2, 0.25) is 0 Å². The molecule has 1 unspecified atom stereocenters. The van der Waals surface area contributed by atoms with Crippen molar-refractivity contribution in [2.45, 2.75) is 12.5 Å². The molecule has 1 aromatic rings. The summed E-state index contributed by atoms with van der Waals surface area (Å²) in [6.07, 6.45) is 0.0487. The molecule has 0 radical (unpaired) electrons. The van der Waals surface area contributed by atoms with Gasteiger partial charge in [0.1, 0.15) is 0 Å². The van der Waals surface area contributed by atoms with Crippen LogP contribution in [0.1, 0.15) is 5.56 Å². The Morgan fingerprint density at radius 1 is 1.44 bits per heavy atom. The van der Waals surface area contributed by atoms with Crippen molar-refractivity contribution in [3.05, 3.63) is 23.8 Å². The van der Waals surface area contributed by atoms with E-state index in [1.807, 2.05) is 0 Å². The monoisotopic (exact) mass is 278 g/mol. The highest BCUT2D eigenvalue weighted by atomic mass is 31.2. The Bertz CT molecular complexity index is 498. The molecule has 1 aromatic carbocycles. The van der Waals surface area contributed by atoms with Gasteiger partial charge in [0.05, 0.1) is 0 Å². The van der Waals surface area contributed by atoms with Crippen molar-refractivity contribution >= 4 is 13.8 Å². The van der Waals surface area contributed by atoms with E-state index in [1.165, 1.54) is 6.07 Å². The van der Waals surface area contributed by atoms with E-state index in [0.29, 0.717) is 5.56 Å². The molecular weight excluding hydrogens is 265 g/mol. The number of phosphoric acid groups is 1. The van der Waals surface area contributed by atoms with Crippen molar-refractivity contribution in [2.24, 2.45) is 0 Å². The summed E-state index contributed by atoms with van der Waals surface area (Å²) in [6.45, 7) is 0. The van der Waals surface area contributed by atoms with Crippen LogP contribution in [0.3, 0.4) is 0 Å². The van der Waals surface area contributed by atoms with Gasteiger partial charge < -0.3 is 20.5 Å². The highest BCUT2D eigenvalue weighted by molar-refractivity contribution is 7.46. The molecule has 0 aliphatic heterocycles. The lowest BCUT2D eigenvalue weighted by Gasteiger charge is -2.10. The van der Waals surface area contributed by atoms with Crippen molar-refractivity contribution in [1.82, 2.24) is 0 Å². The van der Waals surface area contributed by atoms with E-state index >= 15 is 0 Å². The van der Waals surface area contributed by atoms with E-state index in [1.54, 1.807) is 0 Å². The number of benzene rings is 1. The van der Waals surface area contributed by atoms with Crippen LogP contribution in [0.2, 0.25) is 0 Å². The van der Waals surface area contributed by atoms with Crippen LogP contribution >= 0.6 is 7.82 Å². The third-order valence-electron chi connectivity index (χ3n) is 2.07.